The standard InChI is InChI=1S/C17H26FN/c1-12-8-9-15(16(10-12)19-4)17(2,3)13-6-5-7-14(18)11-13/h5-7,11-12,15-16,19H,8-10H2,1-4H3. The van der Waals surface area contributed by atoms with Gasteiger partial charge in [-0.15, -0.1) is 0 Å². The second kappa shape index (κ2) is 5.62. The molecule has 0 heterocycles. The Bertz CT molecular complexity index is 427. The van der Waals surface area contributed by atoms with Gasteiger partial charge in [-0.1, -0.05) is 39.3 Å². The first-order valence-electron chi connectivity index (χ1n) is 7.38. The van der Waals surface area contributed by atoms with E-state index >= 15 is 0 Å². The van der Waals surface area contributed by atoms with Crippen LogP contribution >= 0.6 is 0 Å². The molecule has 3 unspecified atom stereocenters. The molecule has 0 saturated heterocycles. The highest BCUT2D eigenvalue weighted by molar-refractivity contribution is 5.26. The maximum atomic E-state index is 13.5. The zero-order valence-electron chi connectivity index (χ0n) is 12.5. The Labute approximate surface area is 116 Å². The number of halogens is 1. The van der Waals surface area contributed by atoms with E-state index in [1.807, 2.05) is 6.07 Å². The average molecular weight is 263 g/mol. The van der Waals surface area contributed by atoms with Crippen LogP contribution in [0.4, 0.5) is 4.39 Å². The third kappa shape index (κ3) is 3.00. The van der Waals surface area contributed by atoms with Gasteiger partial charge in [-0.05, 0) is 54.8 Å². The Morgan fingerprint density at radius 3 is 2.63 bits per heavy atom. The summed E-state index contributed by atoms with van der Waals surface area (Å²) in [5.41, 5.74) is 1.13. The summed E-state index contributed by atoms with van der Waals surface area (Å²) < 4.78 is 13.5. The topological polar surface area (TPSA) is 12.0 Å². The molecule has 0 spiro atoms. The van der Waals surface area contributed by atoms with Gasteiger partial charge in [0.15, 0.2) is 0 Å². The molecule has 1 N–H and O–H groups in total. The first-order valence-corrected chi connectivity index (χ1v) is 7.38. The molecule has 1 aliphatic rings. The van der Waals surface area contributed by atoms with Gasteiger partial charge < -0.3 is 5.32 Å². The molecule has 0 amide bonds. The first kappa shape index (κ1) is 14.5. The normalized spacial score (nSPS) is 28.4. The van der Waals surface area contributed by atoms with Crippen LogP contribution in [0, 0.1) is 17.7 Å². The largest absolute Gasteiger partial charge is 0.317 e. The molecule has 106 valence electrons. The smallest absolute Gasteiger partial charge is 0.123 e. The van der Waals surface area contributed by atoms with Gasteiger partial charge in [-0.3, -0.25) is 0 Å². The fraction of sp³-hybridized carbons (Fsp3) is 0.647. The van der Waals surface area contributed by atoms with E-state index in [0.29, 0.717) is 12.0 Å². The third-order valence-electron chi connectivity index (χ3n) is 4.98. The Kier molecular flexibility index (Phi) is 4.29. The zero-order valence-corrected chi connectivity index (χ0v) is 12.5. The average Bonchev–Trinajstić information content (AvgIpc) is 2.38. The number of benzene rings is 1. The predicted octanol–water partition coefficient (Wildman–Crippen LogP) is 4.13. The highest BCUT2D eigenvalue weighted by atomic mass is 19.1. The molecule has 0 bridgehead atoms. The van der Waals surface area contributed by atoms with Crippen LogP contribution in [0.1, 0.15) is 45.6 Å². The van der Waals surface area contributed by atoms with Crippen LogP contribution < -0.4 is 5.32 Å². The summed E-state index contributed by atoms with van der Waals surface area (Å²) in [5.74, 6) is 1.23. The number of nitrogens with one attached hydrogen (secondary N) is 1. The predicted molar refractivity (Wildman–Crippen MR) is 78.8 cm³/mol. The minimum Gasteiger partial charge on any atom is -0.317 e. The lowest BCUT2D eigenvalue weighted by Crippen LogP contribution is -2.47. The minimum absolute atomic E-state index is 0.00984. The summed E-state index contributed by atoms with van der Waals surface area (Å²) >= 11 is 0. The van der Waals surface area contributed by atoms with Crippen LogP contribution in [0.25, 0.3) is 0 Å². The lowest BCUT2D eigenvalue weighted by Gasteiger charge is -2.44. The molecular formula is C17H26FN. The summed E-state index contributed by atoms with van der Waals surface area (Å²) in [4.78, 5) is 0. The lowest BCUT2D eigenvalue weighted by atomic mass is 9.63. The zero-order chi connectivity index (χ0) is 14.0. The van der Waals surface area contributed by atoms with Crippen LogP contribution in [-0.2, 0) is 5.41 Å². The van der Waals surface area contributed by atoms with Crippen LogP contribution in [0.5, 0.6) is 0 Å². The molecule has 2 rings (SSSR count). The Balaban J connectivity index is 2.27. The number of rotatable bonds is 3. The van der Waals surface area contributed by atoms with Crippen molar-refractivity contribution in [2.75, 3.05) is 7.05 Å². The van der Waals surface area contributed by atoms with Gasteiger partial charge in [-0.25, -0.2) is 4.39 Å². The van der Waals surface area contributed by atoms with Crippen LogP contribution in [0.15, 0.2) is 24.3 Å². The van der Waals surface area contributed by atoms with E-state index in [-0.39, 0.29) is 11.2 Å². The van der Waals surface area contributed by atoms with Gasteiger partial charge in [0.1, 0.15) is 5.82 Å². The molecule has 19 heavy (non-hydrogen) atoms. The van der Waals surface area contributed by atoms with Crippen LogP contribution in [0.2, 0.25) is 0 Å². The lowest BCUT2D eigenvalue weighted by molar-refractivity contribution is 0.151. The fourth-order valence-corrected chi connectivity index (χ4v) is 3.67. The number of hydrogen-bond donors (Lipinski definition) is 1. The van der Waals surface area contributed by atoms with Gasteiger partial charge in [-0.2, -0.15) is 0 Å². The van der Waals surface area contributed by atoms with Gasteiger partial charge in [0.2, 0.25) is 0 Å². The van der Waals surface area contributed by atoms with E-state index < -0.39 is 0 Å². The van der Waals surface area contributed by atoms with Crippen LogP contribution in [0.3, 0.4) is 0 Å². The van der Waals surface area contributed by atoms with Gasteiger partial charge >= 0.3 is 0 Å². The molecule has 1 aromatic rings. The third-order valence-corrected chi connectivity index (χ3v) is 4.98. The van der Waals surface area contributed by atoms with E-state index in [0.717, 1.165) is 11.5 Å². The summed E-state index contributed by atoms with van der Waals surface area (Å²) in [5, 5.41) is 3.48. The molecule has 0 aromatic heterocycles. The van der Waals surface area contributed by atoms with E-state index in [9.17, 15) is 4.39 Å². The number of hydrogen-bond acceptors (Lipinski definition) is 1. The molecule has 1 aliphatic carbocycles. The Morgan fingerprint density at radius 2 is 2.00 bits per heavy atom. The van der Waals surface area contributed by atoms with Crippen molar-refractivity contribution in [1.29, 1.82) is 0 Å². The van der Waals surface area contributed by atoms with Gasteiger partial charge in [0.05, 0.1) is 0 Å². The summed E-state index contributed by atoms with van der Waals surface area (Å²) in [6, 6.07) is 7.64. The second-order valence-corrected chi connectivity index (χ2v) is 6.65. The highest BCUT2D eigenvalue weighted by Crippen LogP contribution is 2.42. The minimum atomic E-state index is -0.129. The molecule has 1 nitrogen and oxygen atoms in total. The van der Waals surface area contributed by atoms with Crippen molar-refractivity contribution >= 4 is 0 Å². The van der Waals surface area contributed by atoms with Crippen molar-refractivity contribution in [2.45, 2.75) is 51.5 Å². The monoisotopic (exact) mass is 263 g/mol. The van der Waals surface area contributed by atoms with Crippen molar-refractivity contribution in [1.82, 2.24) is 5.32 Å². The van der Waals surface area contributed by atoms with Crippen molar-refractivity contribution in [2.24, 2.45) is 11.8 Å². The van der Waals surface area contributed by atoms with E-state index in [2.05, 4.69) is 39.2 Å². The molecular weight excluding hydrogens is 237 g/mol. The van der Waals surface area contributed by atoms with E-state index in [1.54, 1.807) is 6.07 Å². The molecule has 3 atom stereocenters. The highest BCUT2D eigenvalue weighted by Gasteiger charge is 2.39. The van der Waals surface area contributed by atoms with E-state index in [1.165, 1.54) is 25.3 Å². The Hall–Kier alpha value is -0.890. The van der Waals surface area contributed by atoms with Crippen molar-refractivity contribution < 1.29 is 4.39 Å². The van der Waals surface area contributed by atoms with Gasteiger partial charge in [0, 0.05) is 6.04 Å². The van der Waals surface area contributed by atoms with Crippen molar-refractivity contribution in [3.8, 4) is 0 Å². The summed E-state index contributed by atoms with van der Waals surface area (Å²) in [6.45, 7) is 6.84. The Morgan fingerprint density at radius 1 is 1.26 bits per heavy atom. The first-order chi connectivity index (χ1) is 8.95. The maximum absolute atomic E-state index is 13.5. The fourth-order valence-electron chi connectivity index (χ4n) is 3.67. The SMILES string of the molecule is CNC1CC(C)CCC1C(C)(C)c1cccc(F)c1. The maximum Gasteiger partial charge on any atom is 0.123 e. The molecule has 0 radical (unpaired) electrons. The molecule has 2 heteroatoms. The molecule has 1 aromatic carbocycles. The van der Waals surface area contributed by atoms with Crippen molar-refractivity contribution in [3.05, 3.63) is 35.6 Å². The molecule has 1 saturated carbocycles. The summed E-state index contributed by atoms with van der Waals surface area (Å²) in [6.07, 6.45) is 3.72. The molecule has 0 aliphatic heterocycles. The van der Waals surface area contributed by atoms with Gasteiger partial charge in [0.25, 0.3) is 0 Å². The molecule has 1 fully saturated rings. The second-order valence-electron chi connectivity index (χ2n) is 6.65. The summed E-state index contributed by atoms with van der Waals surface area (Å²) in [7, 11) is 2.05. The quantitative estimate of drug-likeness (QED) is 0.864. The van der Waals surface area contributed by atoms with E-state index in [4.69, 9.17) is 0 Å². The van der Waals surface area contributed by atoms with Crippen LogP contribution in [-0.4, -0.2) is 13.1 Å². The van der Waals surface area contributed by atoms with Crippen molar-refractivity contribution in [3.63, 3.8) is 0 Å².